The fourth-order valence-electron chi connectivity index (χ4n) is 4.01. The van der Waals surface area contributed by atoms with Crippen molar-refractivity contribution < 1.29 is 23.9 Å². The third-order valence-electron chi connectivity index (χ3n) is 5.77. The first-order chi connectivity index (χ1) is 18.8. The summed E-state index contributed by atoms with van der Waals surface area (Å²) < 4.78 is 10.9. The molecule has 0 unspecified atom stereocenters. The van der Waals surface area contributed by atoms with Gasteiger partial charge in [-0.1, -0.05) is 12.1 Å². The minimum Gasteiger partial charge on any atom is -0.444 e. The van der Waals surface area contributed by atoms with Crippen LogP contribution in [0.1, 0.15) is 51.2 Å². The molecule has 4 rings (SSSR count). The number of hydrogen-bond acceptors (Lipinski definition) is 8. The second kappa shape index (κ2) is 11.9. The number of nitrogens with one attached hydrogen (secondary N) is 2. The number of amides is 3. The Kier molecular flexibility index (Phi) is 8.74. The van der Waals surface area contributed by atoms with Crippen molar-refractivity contribution in [1.82, 2.24) is 4.90 Å². The van der Waals surface area contributed by atoms with Crippen LogP contribution in [0.5, 0.6) is 0 Å². The summed E-state index contributed by atoms with van der Waals surface area (Å²) in [6.07, 6.45) is -0.908. The Hall–Kier alpha value is -3.57. The molecule has 0 saturated carbocycles. The van der Waals surface area contributed by atoms with Gasteiger partial charge in [0.1, 0.15) is 11.2 Å². The topological polar surface area (TPSA) is 100 Å². The number of hydrogen-bond donors (Lipinski definition) is 2. The fraction of sp³-hybridized carbons (Fsp3) is 0.414. The zero-order chi connectivity index (χ0) is 29.1. The summed E-state index contributed by atoms with van der Waals surface area (Å²) >= 11 is 2.98. The van der Waals surface area contributed by atoms with Crippen molar-refractivity contribution >= 4 is 57.1 Å². The van der Waals surface area contributed by atoms with Gasteiger partial charge < -0.3 is 24.6 Å². The standard InChI is InChI=1S/C29H36N4O5S2/c1-28(2,3)37-26(35)31-20-10-9-19(22-8-7-17-39-22)18-21(20)30-25(34)23-11-12-24(40-23)32-13-15-33(16-14-32)27(36)38-29(4,5)6/h7-12,17-18H,13-16H2,1-6H3,(H,30,34)(H,31,35). The molecule has 11 heteroatoms. The van der Waals surface area contributed by atoms with Gasteiger partial charge in [0.05, 0.1) is 21.3 Å². The SMILES string of the molecule is CC(C)(C)OC(=O)Nc1ccc(-c2cccs2)cc1NC(=O)c1ccc(N2CCN(C(=O)OC(C)(C)C)CC2)s1. The van der Waals surface area contributed by atoms with Gasteiger partial charge in [-0.15, -0.1) is 22.7 Å². The average Bonchev–Trinajstić information content (AvgIpc) is 3.56. The van der Waals surface area contributed by atoms with E-state index in [0.29, 0.717) is 42.4 Å². The minimum absolute atomic E-state index is 0.279. The number of thiophene rings is 2. The van der Waals surface area contributed by atoms with Crippen LogP contribution in [-0.4, -0.2) is 60.4 Å². The molecule has 2 aromatic heterocycles. The van der Waals surface area contributed by atoms with Crippen molar-refractivity contribution in [3.8, 4) is 10.4 Å². The van der Waals surface area contributed by atoms with E-state index in [-0.39, 0.29) is 12.0 Å². The molecule has 0 atom stereocenters. The van der Waals surface area contributed by atoms with Gasteiger partial charge in [0.15, 0.2) is 0 Å². The fourth-order valence-corrected chi connectivity index (χ4v) is 5.68. The van der Waals surface area contributed by atoms with E-state index in [1.54, 1.807) is 49.1 Å². The molecule has 1 aliphatic rings. The molecule has 40 heavy (non-hydrogen) atoms. The molecule has 1 aromatic carbocycles. The van der Waals surface area contributed by atoms with E-state index in [9.17, 15) is 14.4 Å². The van der Waals surface area contributed by atoms with Crippen molar-refractivity contribution in [2.45, 2.75) is 52.7 Å². The highest BCUT2D eigenvalue weighted by Crippen LogP contribution is 2.33. The summed E-state index contributed by atoms with van der Waals surface area (Å²) in [5.74, 6) is -0.279. The normalized spacial score (nSPS) is 14.1. The van der Waals surface area contributed by atoms with E-state index in [4.69, 9.17) is 9.47 Å². The Morgan fingerprint density at radius 1 is 0.825 bits per heavy atom. The largest absolute Gasteiger partial charge is 0.444 e. The van der Waals surface area contributed by atoms with Gasteiger partial charge in [-0.3, -0.25) is 10.1 Å². The maximum absolute atomic E-state index is 13.3. The van der Waals surface area contributed by atoms with Crippen LogP contribution in [-0.2, 0) is 9.47 Å². The summed E-state index contributed by atoms with van der Waals surface area (Å²) in [7, 11) is 0. The first-order valence-electron chi connectivity index (χ1n) is 13.1. The van der Waals surface area contributed by atoms with Crippen LogP contribution in [0, 0.1) is 0 Å². The number of carbonyl (C=O) groups excluding carboxylic acids is 3. The van der Waals surface area contributed by atoms with Gasteiger partial charge >= 0.3 is 12.2 Å². The van der Waals surface area contributed by atoms with Gasteiger partial charge in [0.2, 0.25) is 0 Å². The van der Waals surface area contributed by atoms with Crippen LogP contribution in [0.4, 0.5) is 26.0 Å². The molecule has 1 saturated heterocycles. The predicted molar refractivity (Wildman–Crippen MR) is 162 cm³/mol. The van der Waals surface area contributed by atoms with E-state index < -0.39 is 17.3 Å². The smallest absolute Gasteiger partial charge is 0.412 e. The number of anilines is 3. The lowest BCUT2D eigenvalue weighted by atomic mass is 10.1. The molecular formula is C29H36N4O5S2. The highest BCUT2D eigenvalue weighted by molar-refractivity contribution is 7.18. The van der Waals surface area contributed by atoms with E-state index >= 15 is 0 Å². The number of piperazine rings is 1. The van der Waals surface area contributed by atoms with Crippen molar-refractivity contribution in [1.29, 1.82) is 0 Å². The summed E-state index contributed by atoms with van der Waals surface area (Å²) in [5.41, 5.74) is 0.654. The quantitative estimate of drug-likeness (QED) is 0.331. The second-order valence-electron chi connectivity index (χ2n) is 11.4. The van der Waals surface area contributed by atoms with Crippen LogP contribution in [0.3, 0.4) is 0 Å². The predicted octanol–water partition coefficient (Wildman–Crippen LogP) is 7.13. The van der Waals surface area contributed by atoms with Gasteiger partial charge in [-0.2, -0.15) is 0 Å². The molecule has 9 nitrogen and oxygen atoms in total. The molecular weight excluding hydrogens is 548 g/mol. The summed E-state index contributed by atoms with van der Waals surface area (Å²) in [5, 5.41) is 8.68. The molecule has 0 aliphatic carbocycles. The lowest BCUT2D eigenvalue weighted by molar-refractivity contribution is 0.0240. The van der Waals surface area contributed by atoms with Gasteiger partial charge in [-0.05, 0) is 82.8 Å². The molecule has 0 radical (unpaired) electrons. The maximum Gasteiger partial charge on any atom is 0.412 e. The van der Waals surface area contributed by atoms with Crippen LogP contribution in [0.25, 0.3) is 10.4 Å². The van der Waals surface area contributed by atoms with Crippen molar-refractivity contribution in [3.63, 3.8) is 0 Å². The first-order valence-corrected chi connectivity index (χ1v) is 14.8. The Morgan fingerprint density at radius 2 is 1.52 bits per heavy atom. The Bertz CT molecular complexity index is 1350. The number of nitrogens with zero attached hydrogens (tertiary/aromatic N) is 2. The molecule has 1 aliphatic heterocycles. The van der Waals surface area contributed by atoms with Gasteiger partial charge in [0.25, 0.3) is 5.91 Å². The van der Waals surface area contributed by atoms with Gasteiger partial charge in [0, 0.05) is 31.1 Å². The molecule has 0 bridgehead atoms. The summed E-state index contributed by atoms with van der Waals surface area (Å²) in [4.78, 5) is 43.6. The van der Waals surface area contributed by atoms with Crippen LogP contribution in [0.15, 0.2) is 47.8 Å². The highest BCUT2D eigenvalue weighted by Gasteiger charge is 2.27. The maximum atomic E-state index is 13.3. The Labute approximate surface area is 243 Å². The monoisotopic (exact) mass is 584 g/mol. The molecule has 3 aromatic rings. The third-order valence-corrected chi connectivity index (χ3v) is 7.83. The number of benzene rings is 1. The molecule has 3 amide bonds. The van der Waals surface area contributed by atoms with E-state index in [0.717, 1.165) is 15.4 Å². The lowest BCUT2D eigenvalue weighted by Crippen LogP contribution is -2.49. The second-order valence-corrected chi connectivity index (χ2v) is 13.4. The Morgan fingerprint density at radius 3 is 2.15 bits per heavy atom. The molecule has 3 heterocycles. The number of rotatable bonds is 5. The molecule has 214 valence electrons. The molecule has 0 spiro atoms. The van der Waals surface area contributed by atoms with Crippen molar-refractivity contribution in [3.05, 3.63) is 52.7 Å². The van der Waals surface area contributed by atoms with Gasteiger partial charge in [-0.25, -0.2) is 9.59 Å². The number of ether oxygens (including phenoxy) is 2. The third kappa shape index (κ3) is 7.98. The molecule has 1 fully saturated rings. The first kappa shape index (κ1) is 29.4. The van der Waals surface area contributed by atoms with Crippen molar-refractivity contribution in [2.75, 3.05) is 41.7 Å². The van der Waals surface area contributed by atoms with Crippen LogP contribution in [0.2, 0.25) is 0 Å². The van der Waals surface area contributed by atoms with Crippen molar-refractivity contribution in [2.24, 2.45) is 0 Å². The zero-order valence-corrected chi connectivity index (χ0v) is 25.3. The van der Waals surface area contributed by atoms with Crippen LogP contribution >= 0.6 is 22.7 Å². The van der Waals surface area contributed by atoms with E-state index in [1.165, 1.54) is 11.3 Å². The van der Waals surface area contributed by atoms with E-state index in [1.807, 2.05) is 56.5 Å². The van der Waals surface area contributed by atoms with Crippen LogP contribution < -0.4 is 15.5 Å². The highest BCUT2D eigenvalue weighted by atomic mass is 32.1. The zero-order valence-electron chi connectivity index (χ0n) is 23.7. The Balaban J connectivity index is 1.45. The van der Waals surface area contributed by atoms with E-state index in [2.05, 4.69) is 15.5 Å². The lowest BCUT2D eigenvalue weighted by Gasteiger charge is -2.36. The molecule has 2 N–H and O–H groups in total. The summed E-state index contributed by atoms with van der Waals surface area (Å²) in [6, 6.07) is 13.2. The summed E-state index contributed by atoms with van der Waals surface area (Å²) in [6.45, 7) is 13.3. The average molecular weight is 585 g/mol. The number of carbonyl (C=O) groups is 3. The minimum atomic E-state index is -0.657.